The molecule has 0 aliphatic carbocycles. The second kappa shape index (κ2) is 10.5. The summed E-state index contributed by atoms with van der Waals surface area (Å²) >= 11 is 17.8. The van der Waals surface area contributed by atoms with Gasteiger partial charge in [0, 0.05) is 18.7 Å². The number of carbonyl (C=O) groups excluding carboxylic acids is 1. The summed E-state index contributed by atoms with van der Waals surface area (Å²) in [5, 5.41) is 3.48. The van der Waals surface area contributed by atoms with Crippen LogP contribution in [-0.4, -0.2) is 27.0 Å². The summed E-state index contributed by atoms with van der Waals surface area (Å²) in [4.78, 5) is 12.1. The highest BCUT2D eigenvalue weighted by atomic mass is 35.5. The van der Waals surface area contributed by atoms with Gasteiger partial charge < -0.3 is 10.1 Å². The van der Waals surface area contributed by atoms with Crippen molar-refractivity contribution in [2.24, 2.45) is 0 Å². The molecule has 6 nitrogen and oxygen atoms in total. The van der Waals surface area contributed by atoms with E-state index in [9.17, 15) is 13.2 Å². The maximum atomic E-state index is 12.2. The van der Waals surface area contributed by atoms with E-state index in [-0.39, 0.29) is 45.8 Å². The summed E-state index contributed by atoms with van der Waals surface area (Å²) in [6.07, 6.45) is 0. The van der Waals surface area contributed by atoms with Crippen LogP contribution in [0.5, 0.6) is 5.75 Å². The molecule has 0 spiro atoms. The zero-order chi connectivity index (χ0) is 21.6. The van der Waals surface area contributed by atoms with Gasteiger partial charge in [-0.25, -0.2) is 13.1 Å². The Morgan fingerprint density at radius 2 is 1.66 bits per heavy atom. The molecule has 0 heterocycles. The molecule has 0 aliphatic rings. The number of ether oxygens (including phenoxy) is 1. The van der Waals surface area contributed by atoms with E-state index in [2.05, 4.69) is 10.0 Å². The minimum atomic E-state index is -3.48. The number of halogens is 3. The van der Waals surface area contributed by atoms with Gasteiger partial charge in [-0.2, -0.15) is 0 Å². The Morgan fingerprint density at radius 1 is 1.03 bits per heavy atom. The molecule has 0 saturated heterocycles. The van der Waals surface area contributed by atoms with Crippen LogP contribution in [0, 0.1) is 0 Å². The lowest BCUT2D eigenvalue weighted by Crippen LogP contribution is -2.32. The molecule has 2 aromatic carbocycles. The fraction of sp³-hybridized carbons (Fsp3) is 0.316. The first-order valence-electron chi connectivity index (χ1n) is 8.68. The van der Waals surface area contributed by atoms with E-state index in [0.29, 0.717) is 11.1 Å². The van der Waals surface area contributed by atoms with Crippen molar-refractivity contribution in [3.05, 3.63) is 62.6 Å². The van der Waals surface area contributed by atoms with E-state index in [4.69, 9.17) is 39.5 Å². The minimum Gasteiger partial charge on any atom is -0.482 e. The molecule has 0 radical (unpaired) electrons. The summed E-state index contributed by atoms with van der Waals surface area (Å²) in [5.74, 6) is -0.334. The summed E-state index contributed by atoms with van der Waals surface area (Å²) in [6, 6.07) is 9.67. The van der Waals surface area contributed by atoms with Crippen LogP contribution in [0.25, 0.3) is 0 Å². The number of hydrogen-bond donors (Lipinski definition) is 2. The maximum Gasteiger partial charge on any atom is 0.258 e. The molecule has 0 aliphatic heterocycles. The molecule has 2 aromatic rings. The lowest BCUT2D eigenvalue weighted by Gasteiger charge is -2.14. The zero-order valence-electron chi connectivity index (χ0n) is 15.8. The van der Waals surface area contributed by atoms with E-state index in [1.54, 1.807) is 38.1 Å². The number of amides is 1. The van der Waals surface area contributed by atoms with Crippen LogP contribution < -0.4 is 14.8 Å². The van der Waals surface area contributed by atoms with Crippen LogP contribution in [0.1, 0.15) is 25.0 Å². The van der Waals surface area contributed by atoms with Crippen molar-refractivity contribution in [3.8, 4) is 5.75 Å². The van der Waals surface area contributed by atoms with Gasteiger partial charge in [-0.3, -0.25) is 4.79 Å². The van der Waals surface area contributed by atoms with E-state index in [1.165, 1.54) is 12.1 Å². The fourth-order valence-electron chi connectivity index (χ4n) is 2.48. The summed E-state index contributed by atoms with van der Waals surface area (Å²) in [7, 11) is -3.48. The van der Waals surface area contributed by atoms with Gasteiger partial charge in [0.05, 0.1) is 20.8 Å². The van der Waals surface area contributed by atoms with Gasteiger partial charge in [-0.1, -0.05) is 59.1 Å². The molecule has 1 amide bonds. The van der Waals surface area contributed by atoms with E-state index < -0.39 is 15.9 Å². The molecule has 0 saturated carbocycles. The number of nitrogens with one attached hydrogen (secondary N) is 2. The molecule has 10 heteroatoms. The molecule has 2 rings (SSSR count). The van der Waals surface area contributed by atoms with Gasteiger partial charge >= 0.3 is 0 Å². The molecule has 0 atom stereocenters. The van der Waals surface area contributed by atoms with E-state index >= 15 is 0 Å². The van der Waals surface area contributed by atoms with Crippen LogP contribution in [0.4, 0.5) is 0 Å². The van der Waals surface area contributed by atoms with Gasteiger partial charge in [-0.15, -0.1) is 0 Å². The Morgan fingerprint density at radius 3 is 2.31 bits per heavy atom. The topological polar surface area (TPSA) is 84.5 Å². The van der Waals surface area contributed by atoms with Crippen molar-refractivity contribution in [1.29, 1.82) is 0 Å². The third-order valence-electron chi connectivity index (χ3n) is 3.69. The quantitative estimate of drug-likeness (QED) is 0.529. The molecule has 0 aromatic heterocycles. The number of hydrogen-bond acceptors (Lipinski definition) is 4. The van der Waals surface area contributed by atoms with Gasteiger partial charge in [0.15, 0.2) is 6.61 Å². The van der Waals surface area contributed by atoms with Crippen molar-refractivity contribution < 1.29 is 17.9 Å². The molecular weight excluding hydrogens is 459 g/mol. The lowest BCUT2D eigenvalue weighted by atomic mass is 10.1. The summed E-state index contributed by atoms with van der Waals surface area (Å²) in [5.41, 5.74) is 1.30. The van der Waals surface area contributed by atoms with Gasteiger partial charge in [-0.05, 0) is 31.0 Å². The highest BCUT2D eigenvalue weighted by Crippen LogP contribution is 2.33. The molecule has 2 N–H and O–H groups in total. The number of benzene rings is 2. The van der Waals surface area contributed by atoms with Crippen molar-refractivity contribution in [3.63, 3.8) is 0 Å². The number of carbonyl (C=O) groups is 1. The van der Waals surface area contributed by atoms with Crippen LogP contribution in [0.15, 0.2) is 36.4 Å². The Kier molecular flexibility index (Phi) is 8.60. The lowest BCUT2D eigenvalue weighted by molar-refractivity contribution is -0.123. The highest BCUT2D eigenvalue weighted by Gasteiger charge is 2.16. The molecule has 158 valence electrons. The average molecular weight is 480 g/mol. The average Bonchev–Trinajstić information content (AvgIpc) is 2.61. The van der Waals surface area contributed by atoms with Crippen LogP contribution >= 0.6 is 34.8 Å². The van der Waals surface area contributed by atoms with Gasteiger partial charge in [0.25, 0.3) is 5.91 Å². The summed E-state index contributed by atoms with van der Waals surface area (Å²) < 4.78 is 32.3. The molecule has 29 heavy (non-hydrogen) atoms. The second-order valence-electron chi connectivity index (χ2n) is 6.56. The predicted molar refractivity (Wildman–Crippen MR) is 116 cm³/mol. The second-order valence-corrected chi connectivity index (χ2v) is 9.54. The first kappa shape index (κ1) is 23.8. The zero-order valence-corrected chi connectivity index (χ0v) is 18.9. The first-order chi connectivity index (χ1) is 13.6. The maximum absolute atomic E-state index is 12.2. The molecule has 0 unspecified atom stereocenters. The molecule has 0 bridgehead atoms. The Labute approximate surface area is 185 Å². The number of sulfonamides is 1. The Balaban J connectivity index is 1.96. The third-order valence-corrected chi connectivity index (χ3v) is 6.23. The monoisotopic (exact) mass is 478 g/mol. The van der Waals surface area contributed by atoms with Gasteiger partial charge in [0.2, 0.25) is 10.0 Å². The standard InChI is InChI=1S/C19H21Cl3N2O4S/c1-12(2)24-29(26,27)11-14-6-4-3-5-13(14)9-23-19(25)10-28-18-8-16(21)15(20)7-17(18)22/h3-8,12,24H,9-11H2,1-2H3,(H,23,25). The predicted octanol–water partition coefficient (Wildman–Crippen LogP) is 4.17. The van der Waals surface area contributed by atoms with Crippen molar-refractivity contribution in [2.75, 3.05) is 6.61 Å². The first-order valence-corrected chi connectivity index (χ1v) is 11.5. The number of rotatable bonds is 9. The Bertz CT molecular complexity index is 981. The normalized spacial score (nSPS) is 11.5. The van der Waals surface area contributed by atoms with Crippen LogP contribution in [0.3, 0.4) is 0 Å². The van der Waals surface area contributed by atoms with E-state index in [1.807, 2.05) is 0 Å². The van der Waals surface area contributed by atoms with Crippen LogP contribution in [0.2, 0.25) is 15.1 Å². The SMILES string of the molecule is CC(C)NS(=O)(=O)Cc1ccccc1CNC(=O)COc1cc(Cl)c(Cl)cc1Cl. The third kappa shape index (κ3) is 7.68. The summed E-state index contributed by atoms with van der Waals surface area (Å²) in [6.45, 7) is 3.38. The highest BCUT2D eigenvalue weighted by molar-refractivity contribution is 7.88. The van der Waals surface area contributed by atoms with Crippen molar-refractivity contribution in [1.82, 2.24) is 10.0 Å². The van der Waals surface area contributed by atoms with Crippen molar-refractivity contribution in [2.45, 2.75) is 32.2 Å². The van der Waals surface area contributed by atoms with Crippen LogP contribution in [-0.2, 0) is 27.1 Å². The smallest absolute Gasteiger partial charge is 0.258 e. The Hall–Kier alpha value is -1.51. The minimum absolute atomic E-state index is 0.157. The van der Waals surface area contributed by atoms with E-state index in [0.717, 1.165) is 0 Å². The molecular formula is C19H21Cl3N2O4S. The van der Waals surface area contributed by atoms with Gasteiger partial charge in [0.1, 0.15) is 5.75 Å². The largest absolute Gasteiger partial charge is 0.482 e. The molecule has 0 fully saturated rings. The fourth-order valence-corrected chi connectivity index (χ4v) is 4.56. The van der Waals surface area contributed by atoms with Crippen molar-refractivity contribution >= 4 is 50.7 Å².